The number of guanidine groups is 1. The zero-order valence-corrected chi connectivity index (χ0v) is 14.8. The molecule has 0 bridgehead atoms. The normalized spacial score (nSPS) is 22.4. The average Bonchev–Trinajstić information content (AvgIpc) is 3.21. The molecule has 7 heteroatoms. The maximum absolute atomic E-state index is 4.46. The summed E-state index contributed by atoms with van der Waals surface area (Å²) < 4.78 is 2.22. The zero-order valence-electron chi connectivity index (χ0n) is 13.9. The summed E-state index contributed by atoms with van der Waals surface area (Å²) in [5.41, 5.74) is 0. The first-order valence-electron chi connectivity index (χ1n) is 8.01. The van der Waals surface area contributed by atoms with Gasteiger partial charge in [0.05, 0.1) is 18.9 Å². The van der Waals surface area contributed by atoms with Gasteiger partial charge in [-0.15, -0.1) is 11.3 Å². The van der Waals surface area contributed by atoms with Crippen molar-refractivity contribution in [2.45, 2.75) is 32.9 Å². The molecule has 3 heterocycles. The Morgan fingerprint density at radius 1 is 1.52 bits per heavy atom. The molecule has 2 atom stereocenters. The summed E-state index contributed by atoms with van der Waals surface area (Å²) in [6, 6.07) is 0.437. The second-order valence-electron chi connectivity index (χ2n) is 6.05. The molecule has 2 aromatic rings. The average molecular weight is 332 g/mol. The molecule has 3 rings (SSSR count). The molecular weight excluding hydrogens is 308 g/mol. The van der Waals surface area contributed by atoms with Crippen LogP contribution in [-0.2, 0) is 6.54 Å². The first-order chi connectivity index (χ1) is 11.2. The van der Waals surface area contributed by atoms with E-state index in [1.807, 2.05) is 25.8 Å². The lowest BCUT2D eigenvalue weighted by molar-refractivity contribution is 0.189. The van der Waals surface area contributed by atoms with Crippen molar-refractivity contribution in [2.24, 2.45) is 10.9 Å². The van der Waals surface area contributed by atoms with Gasteiger partial charge in [-0.25, -0.2) is 9.97 Å². The summed E-state index contributed by atoms with van der Waals surface area (Å²) in [7, 11) is 1.85. The first-order valence-corrected chi connectivity index (χ1v) is 8.83. The van der Waals surface area contributed by atoms with Gasteiger partial charge in [-0.1, -0.05) is 6.92 Å². The van der Waals surface area contributed by atoms with E-state index in [-0.39, 0.29) is 0 Å². The molecule has 1 N–H and O–H groups in total. The summed E-state index contributed by atoms with van der Waals surface area (Å²) >= 11 is 1.73. The van der Waals surface area contributed by atoms with Crippen LogP contribution in [0.2, 0.25) is 0 Å². The standard InChI is InChI=1S/C16H24N6S/c1-12-4-6-21(10-14(12)22-7-5-18-11-22)16(17-3)20-9-15-19-8-13(2)23-15/h5,7-8,11-12,14H,4,6,9-10H2,1-3H3,(H,17,20). The fourth-order valence-corrected chi connectivity index (χ4v) is 3.79. The van der Waals surface area contributed by atoms with Crippen LogP contribution in [0.4, 0.5) is 0 Å². The van der Waals surface area contributed by atoms with Gasteiger partial charge in [-0.05, 0) is 19.3 Å². The smallest absolute Gasteiger partial charge is 0.194 e. The van der Waals surface area contributed by atoms with Crippen LogP contribution in [0.15, 0.2) is 29.9 Å². The van der Waals surface area contributed by atoms with Gasteiger partial charge in [-0.3, -0.25) is 4.99 Å². The SMILES string of the molecule is CN=C(NCc1ncc(C)s1)N1CCC(C)C(n2ccnc2)C1. The van der Waals surface area contributed by atoms with E-state index in [0.717, 1.165) is 37.0 Å². The molecule has 0 amide bonds. The van der Waals surface area contributed by atoms with E-state index >= 15 is 0 Å². The van der Waals surface area contributed by atoms with Crippen molar-refractivity contribution in [3.63, 3.8) is 0 Å². The highest BCUT2D eigenvalue weighted by atomic mass is 32.1. The van der Waals surface area contributed by atoms with E-state index in [1.165, 1.54) is 4.88 Å². The zero-order chi connectivity index (χ0) is 16.2. The number of hydrogen-bond acceptors (Lipinski definition) is 4. The maximum Gasteiger partial charge on any atom is 0.194 e. The summed E-state index contributed by atoms with van der Waals surface area (Å²) in [6.07, 6.45) is 8.89. The molecule has 0 radical (unpaired) electrons. The monoisotopic (exact) mass is 332 g/mol. The number of thiazole rings is 1. The summed E-state index contributed by atoms with van der Waals surface area (Å²) in [6.45, 7) is 7.11. The highest BCUT2D eigenvalue weighted by Crippen LogP contribution is 2.27. The minimum atomic E-state index is 0.437. The Hall–Kier alpha value is -1.89. The fourth-order valence-electron chi connectivity index (χ4n) is 3.07. The number of piperidine rings is 1. The van der Waals surface area contributed by atoms with Crippen molar-refractivity contribution in [2.75, 3.05) is 20.1 Å². The van der Waals surface area contributed by atoms with Crippen molar-refractivity contribution in [1.82, 2.24) is 24.8 Å². The summed E-state index contributed by atoms with van der Waals surface area (Å²) in [5.74, 6) is 1.59. The predicted octanol–water partition coefficient (Wildman–Crippen LogP) is 2.31. The number of likely N-dealkylation sites (tertiary alicyclic amines) is 1. The number of aryl methyl sites for hydroxylation is 1. The molecule has 23 heavy (non-hydrogen) atoms. The molecule has 1 fully saturated rings. The number of nitrogens with zero attached hydrogens (tertiary/aromatic N) is 5. The lowest BCUT2D eigenvalue weighted by Crippen LogP contribution is -2.48. The van der Waals surface area contributed by atoms with Crippen LogP contribution >= 0.6 is 11.3 Å². The molecule has 0 saturated carbocycles. The van der Waals surface area contributed by atoms with Crippen LogP contribution < -0.4 is 5.32 Å². The Morgan fingerprint density at radius 3 is 3.04 bits per heavy atom. The van der Waals surface area contributed by atoms with Gasteiger partial charge in [0.1, 0.15) is 5.01 Å². The second kappa shape index (κ2) is 7.12. The van der Waals surface area contributed by atoms with Crippen LogP contribution in [-0.4, -0.2) is 45.5 Å². The highest BCUT2D eigenvalue weighted by Gasteiger charge is 2.28. The maximum atomic E-state index is 4.46. The van der Waals surface area contributed by atoms with E-state index in [9.17, 15) is 0 Å². The van der Waals surface area contributed by atoms with Gasteiger partial charge >= 0.3 is 0 Å². The molecule has 1 saturated heterocycles. The van der Waals surface area contributed by atoms with E-state index < -0.39 is 0 Å². The molecule has 2 unspecified atom stereocenters. The van der Waals surface area contributed by atoms with Crippen LogP contribution in [0.5, 0.6) is 0 Å². The summed E-state index contributed by atoms with van der Waals surface area (Å²) in [5, 5.41) is 4.55. The van der Waals surface area contributed by atoms with Crippen LogP contribution in [0.3, 0.4) is 0 Å². The molecular formula is C16H24N6S. The Morgan fingerprint density at radius 2 is 2.39 bits per heavy atom. The lowest BCUT2D eigenvalue weighted by Gasteiger charge is -2.39. The van der Waals surface area contributed by atoms with Crippen molar-refractivity contribution < 1.29 is 0 Å². The molecule has 2 aromatic heterocycles. The predicted molar refractivity (Wildman–Crippen MR) is 93.7 cm³/mol. The Balaban J connectivity index is 1.64. The number of rotatable bonds is 3. The Kier molecular flexibility index (Phi) is 4.95. The topological polar surface area (TPSA) is 58.3 Å². The van der Waals surface area contributed by atoms with Gasteiger partial charge in [0.25, 0.3) is 0 Å². The van der Waals surface area contributed by atoms with Crippen LogP contribution in [0.1, 0.15) is 29.3 Å². The molecule has 1 aliphatic heterocycles. The molecule has 6 nitrogen and oxygen atoms in total. The number of aromatic nitrogens is 3. The Bertz CT molecular complexity index is 647. The Labute approximate surface area is 141 Å². The van der Waals surface area contributed by atoms with Crippen molar-refractivity contribution in [1.29, 1.82) is 0 Å². The van der Waals surface area contributed by atoms with Crippen LogP contribution in [0, 0.1) is 12.8 Å². The minimum absolute atomic E-state index is 0.437. The van der Waals surface area contributed by atoms with E-state index in [1.54, 1.807) is 11.3 Å². The van der Waals surface area contributed by atoms with E-state index in [2.05, 4.69) is 49.8 Å². The van der Waals surface area contributed by atoms with Gasteiger partial charge in [-0.2, -0.15) is 0 Å². The molecule has 1 aliphatic rings. The highest BCUT2D eigenvalue weighted by molar-refractivity contribution is 7.11. The number of hydrogen-bond donors (Lipinski definition) is 1. The minimum Gasteiger partial charge on any atom is -0.350 e. The van der Waals surface area contributed by atoms with Gasteiger partial charge < -0.3 is 14.8 Å². The van der Waals surface area contributed by atoms with Crippen molar-refractivity contribution in [3.8, 4) is 0 Å². The van der Waals surface area contributed by atoms with Crippen LogP contribution in [0.25, 0.3) is 0 Å². The fraction of sp³-hybridized carbons (Fsp3) is 0.562. The van der Waals surface area contributed by atoms with Crippen molar-refractivity contribution in [3.05, 3.63) is 34.8 Å². The van der Waals surface area contributed by atoms with Crippen molar-refractivity contribution >= 4 is 17.3 Å². The molecule has 0 aromatic carbocycles. The summed E-state index contributed by atoms with van der Waals surface area (Å²) in [4.78, 5) is 16.6. The third kappa shape index (κ3) is 3.72. The number of nitrogens with one attached hydrogen (secondary N) is 1. The largest absolute Gasteiger partial charge is 0.350 e. The van der Waals surface area contributed by atoms with E-state index in [0.29, 0.717) is 12.0 Å². The lowest BCUT2D eigenvalue weighted by atomic mass is 9.93. The second-order valence-corrected chi connectivity index (χ2v) is 7.37. The molecule has 0 spiro atoms. The number of imidazole rings is 1. The quantitative estimate of drug-likeness (QED) is 0.692. The molecule has 124 valence electrons. The van der Waals surface area contributed by atoms with E-state index in [4.69, 9.17) is 0 Å². The van der Waals surface area contributed by atoms with Gasteiger partial charge in [0.15, 0.2) is 5.96 Å². The number of aliphatic imine (C=N–C) groups is 1. The van der Waals surface area contributed by atoms with Gasteiger partial charge in [0.2, 0.25) is 0 Å². The first kappa shape index (κ1) is 16.0. The third-order valence-corrected chi connectivity index (χ3v) is 5.32. The van der Waals surface area contributed by atoms with Gasteiger partial charge in [0, 0.05) is 43.6 Å². The third-order valence-electron chi connectivity index (χ3n) is 4.40. The molecule has 0 aliphatic carbocycles.